The predicted molar refractivity (Wildman–Crippen MR) is 86.7 cm³/mol. The number of nitriles is 1. The molecule has 2 aromatic rings. The zero-order valence-electron chi connectivity index (χ0n) is 13.4. The van der Waals surface area contributed by atoms with Crippen LogP contribution in [0.3, 0.4) is 0 Å². The van der Waals surface area contributed by atoms with E-state index in [1.807, 2.05) is 19.9 Å². The van der Waals surface area contributed by atoms with Crippen molar-refractivity contribution in [2.75, 3.05) is 11.4 Å². The molecule has 2 heterocycles. The minimum Gasteiger partial charge on any atom is -0.349 e. The molecule has 3 rings (SSSR count). The highest BCUT2D eigenvalue weighted by Crippen LogP contribution is 2.28. The van der Waals surface area contributed by atoms with Crippen molar-refractivity contribution in [3.63, 3.8) is 0 Å². The van der Waals surface area contributed by atoms with Crippen molar-refractivity contribution in [2.45, 2.75) is 39.7 Å². The molecule has 1 aromatic heterocycles. The van der Waals surface area contributed by atoms with Crippen molar-refractivity contribution in [3.8, 4) is 6.07 Å². The number of hydrogen-bond donors (Lipinski definition) is 0. The average molecular weight is 310 g/mol. The molecule has 0 spiro atoms. The van der Waals surface area contributed by atoms with E-state index in [9.17, 15) is 9.65 Å². The molecule has 0 saturated carbocycles. The molecular formula is C18H19FN4. The van der Waals surface area contributed by atoms with E-state index in [2.05, 4.69) is 21.2 Å². The first kappa shape index (κ1) is 15.4. The third-order valence-corrected chi connectivity index (χ3v) is 4.42. The fourth-order valence-electron chi connectivity index (χ4n) is 3.20. The lowest BCUT2D eigenvalue weighted by Gasteiger charge is -2.30. The number of hydrogen-bond acceptors (Lipinski definition) is 4. The minimum atomic E-state index is -0.199. The second kappa shape index (κ2) is 6.33. The summed E-state index contributed by atoms with van der Waals surface area (Å²) in [4.78, 5) is 2.07. The van der Waals surface area contributed by atoms with Gasteiger partial charge in [0.05, 0.1) is 5.69 Å². The number of fused-ring (bicyclic) bond motifs is 1. The molecule has 0 amide bonds. The largest absolute Gasteiger partial charge is 0.349 e. The first-order valence-corrected chi connectivity index (χ1v) is 7.98. The fourth-order valence-corrected chi connectivity index (χ4v) is 3.20. The van der Waals surface area contributed by atoms with Crippen LogP contribution in [0.25, 0.3) is 0 Å². The van der Waals surface area contributed by atoms with Crippen molar-refractivity contribution >= 4 is 5.82 Å². The quantitative estimate of drug-likeness (QED) is 0.874. The summed E-state index contributed by atoms with van der Waals surface area (Å²) in [5, 5.41) is 18.3. The van der Waals surface area contributed by atoms with Gasteiger partial charge in [-0.25, -0.2) is 4.39 Å². The molecule has 0 fully saturated rings. The van der Waals surface area contributed by atoms with Crippen LogP contribution >= 0.6 is 0 Å². The summed E-state index contributed by atoms with van der Waals surface area (Å²) in [5.41, 5.74) is 4.64. The molecule has 23 heavy (non-hydrogen) atoms. The van der Waals surface area contributed by atoms with Crippen LogP contribution in [0.15, 0.2) is 18.2 Å². The van der Waals surface area contributed by atoms with E-state index < -0.39 is 0 Å². The highest BCUT2D eigenvalue weighted by atomic mass is 19.1. The molecular weight excluding hydrogens is 291 g/mol. The standard InChI is InChI=1S/C18H19FN4/c1-3-15-16(10-20)18(22-21-17(15)4-2)23-8-7-12-9-14(19)6-5-13(12)11-23/h5-6,9H,3-4,7-8,11H2,1-2H3. The predicted octanol–water partition coefficient (Wildman–Crippen LogP) is 3.17. The summed E-state index contributed by atoms with van der Waals surface area (Å²) in [6.07, 6.45) is 2.29. The smallest absolute Gasteiger partial charge is 0.169 e. The van der Waals surface area contributed by atoms with Gasteiger partial charge in [0, 0.05) is 13.1 Å². The Kier molecular flexibility index (Phi) is 4.24. The van der Waals surface area contributed by atoms with Crippen molar-refractivity contribution in [3.05, 3.63) is 52.0 Å². The van der Waals surface area contributed by atoms with Gasteiger partial charge in [-0.15, -0.1) is 5.10 Å². The van der Waals surface area contributed by atoms with Crippen molar-refractivity contribution in [2.24, 2.45) is 0 Å². The minimum absolute atomic E-state index is 0.199. The maximum absolute atomic E-state index is 13.3. The molecule has 0 radical (unpaired) electrons. The molecule has 0 bridgehead atoms. The Labute approximate surface area is 135 Å². The van der Waals surface area contributed by atoms with Crippen LogP contribution in [-0.4, -0.2) is 16.7 Å². The second-order valence-electron chi connectivity index (χ2n) is 5.73. The molecule has 5 heteroatoms. The van der Waals surface area contributed by atoms with E-state index in [4.69, 9.17) is 0 Å². The van der Waals surface area contributed by atoms with Crippen molar-refractivity contribution < 1.29 is 4.39 Å². The molecule has 0 aliphatic carbocycles. The van der Waals surface area contributed by atoms with Gasteiger partial charge >= 0.3 is 0 Å². The first-order chi connectivity index (χ1) is 11.2. The molecule has 4 nitrogen and oxygen atoms in total. The molecule has 118 valence electrons. The van der Waals surface area contributed by atoms with Crippen LogP contribution in [0.5, 0.6) is 0 Å². The average Bonchev–Trinajstić information content (AvgIpc) is 2.59. The molecule has 0 atom stereocenters. The highest BCUT2D eigenvalue weighted by molar-refractivity contribution is 5.59. The second-order valence-corrected chi connectivity index (χ2v) is 5.73. The monoisotopic (exact) mass is 310 g/mol. The molecule has 0 saturated heterocycles. The normalized spacial score (nSPS) is 13.6. The van der Waals surface area contributed by atoms with E-state index in [0.717, 1.165) is 41.6 Å². The number of aromatic nitrogens is 2. The van der Waals surface area contributed by atoms with Gasteiger partial charge in [-0.1, -0.05) is 19.9 Å². The van der Waals surface area contributed by atoms with E-state index in [1.165, 1.54) is 6.07 Å². The zero-order chi connectivity index (χ0) is 16.4. The van der Waals surface area contributed by atoms with Crippen LogP contribution < -0.4 is 4.90 Å². The van der Waals surface area contributed by atoms with E-state index >= 15 is 0 Å². The lowest BCUT2D eigenvalue weighted by atomic mass is 9.98. The van der Waals surface area contributed by atoms with Gasteiger partial charge in [-0.3, -0.25) is 0 Å². The summed E-state index contributed by atoms with van der Waals surface area (Å²) >= 11 is 0. The fraction of sp³-hybridized carbons (Fsp3) is 0.389. The summed E-state index contributed by atoms with van der Waals surface area (Å²) in [6, 6.07) is 7.21. The van der Waals surface area contributed by atoms with Gasteiger partial charge in [0.25, 0.3) is 0 Å². The van der Waals surface area contributed by atoms with Crippen LogP contribution in [0.2, 0.25) is 0 Å². The molecule has 1 aliphatic heterocycles. The van der Waals surface area contributed by atoms with Crippen LogP contribution in [0.4, 0.5) is 10.2 Å². The van der Waals surface area contributed by atoms with E-state index in [0.29, 0.717) is 24.5 Å². The third-order valence-electron chi connectivity index (χ3n) is 4.42. The van der Waals surface area contributed by atoms with Crippen molar-refractivity contribution in [1.29, 1.82) is 5.26 Å². The van der Waals surface area contributed by atoms with E-state index in [-0.39, 0.29) is 5.82 Å². The number of aryl methyl sites for hydroxylation is 1. The number of benzene rings is 1. The Morgan fingerprint density at radius 2 is 2.04 bits per heavy atom. The summed E-state index contributed by atoms with van der Waals surface area (Å²) < 4.78 is 13.3. The summed E-state index contributed by atoms with van der Waals surface area (Å²) in [6.45, 7) is 5.41. The SMILES string of the molecule is CCc1nnc(N2CCc3cc(F)ccc3C2)c(C#N)c1CC. The zero-order valence-corrected chi connectivity index (χ0v) is 13.4. The molecule has 0 N–H and O–H groups in total. The van der Waals surface area contributed by atoms with Gasteiger partial charge in [0.15, 0.2) is 5.82 Å². The Morgan fingerprint density at radius 3 is 2.74 bits per heavy atom. The van der Waals surface area contributed by atoms with Gasteiger partial charge in [0.1, 0.15) is 17.4 Å². The van der Waals surface area contributed by atoms with Crippen LogP contribution in [0.1, 0.15) is 41.8 Å². The Bertz CT molecular complexity index is 779. The maximum Gasteiger partial charge on any atom is 0.169 e. The van der Waals surface area contributed by atoms with Crippen molar-refractivity contribution in [1.82, 2.24) is 10.2 Å². The Balaban J connectivity index is 2.00. The lowest BCUT2D eigenvalue weighted by Crippen LogP contribution is -2.32. The lowest BCUT2D eigenvalue weighted by molar-refractivity contribution is 0.618. The Morgan fingerprint density at radius 1 is 1.22 bits per heavy atom. The molecule has 0 unspecified atom stereocenters. The van der Waals surface area contributed by atoms with Crippen LogP contribution in [-0.2, 0) is 25.8 Å². The summed E-state index contributed by atoms with van der Waals surface area (Å²) in [5.74, 6) is 0.451. The topological polar surface area (TPSA) is 52.8 Å². The summed E-state index contributed by atoms with van der Waals surface area (Å²) in [7, 11) is 0. The Hall–Kier alpha value is -2.48. The van der Waals surface area contributed by atoms with Gasteiger partial charge in [0.2, 0.25) is 0 Å². The third kappa shape index (κ3) is 2.77. The van der Waals surface area contributed by atoms with Gasteiger partial charge in [-0.2, -0.15) is 10.4 Å². The maximum atomic E-state index is 13.3. The number of rotatable bonds is 3. The van der Waals surface area contributed by atoms with E-state index in [1.54, 1.807) is 6.07 Å². The number of anilines is 1. The number of nitrogens with zero attached hydrogens (tertiary/aromatic N) is 4. The van der Waals surface area contributed by atoms with Gasteiger partial charge < -0.3 is 4.90 Å². The van der Waals surface area contributed by atoms with Gasteiger partial charge in [-0.05, 0) is 48.1 Å². The first-order valence-electron chi connectivity index (χ1n) is 7.98. The molecule has 1 aromatic carbocycles. The van der Waals surface area contributed by atoms with Crippen LogP contribution in [0, 0.1) is 17.1 Å². The molecule has 1 aliphatic rings. The number of halogens is 1. The highest BCUT2D eigenvalue weighted by Gasteiger charge is 2.23.